The second-order valence-corrected chi connectivity index (χ2v) is 4.83. The number of carboxylic acids is 1. The Morgan fingerprint density at radius 2 is 2.12 bits per heavy atom. The van der Waals surface area contributed by atoms with Gasteiger partial charge in [0.25, 0.3) is 0 Å². The third kappa shape index (κ3) is 2.48. The molecular weight excluding hydrogens is 219 g/mol. The predicted octanol–water partition coefficient (Wildman–Crippen LogP) is 2.97. The van der Waals surface area contributed by atoms with E-state index in [9.17, 15) is 9.18 Å². The minimum atomic E-state index is -0.873. The minimum Gasteiger partial charge on any atom is -0.481 e. The standard InChI is InChI=1S/C14H17FO2/c1-9(14(16)17)8-11-7-6-10-4-2-3-5-12(10)13(11)15/h6-7,9H,2-5,8H2,1H3,(H,16,17). The van der Waals surface area contributed by atoms with E-state index in [1.165, 1.54) is 0 Å². The Hall–Kier alpha value is -1.38. The molecule has 1 unspecified atom stereocenters. The Balaban J connectivity index is 2.27. The van der Waals surface area contributed by atoms with Gasteiger partial charge in [0.2, 0.25) is 0 Å². The lowest BCUT2D eigenvalue weighted by atomic mass is 9.88. The van der Waals surface area contributed by atoms with E-state index in [1.807, 2.05) is 6.07 Å². The van der Waals surface area contributed by atoms with Gasteiger partial charge in [0.15, 0.2) is 0 Å². The smallest absolute Gasteiger partial charge is 0.306 e. The third-order valence-electron chi connectivity index (χ3n) is 3.49. The largest absolute Gasteiger partial charge is 0.481 e. The van der Waals surface area contributed by atoms with E-state index in [-0.39, 0.29) is 12.2 Å². The summed E-state index contributed by atoms with van der Waals surface area (Å²) in [5.41, 5.74) is 2.45. The van der Waals surface area contributed by atoms with Gasteiger partial charge in [0.05, 0.1) is 5.92 Å². The van der Waals surface area contributed by atoms with E-state index in [4.69, 9.17) is 5.11 Å². The molecule has 92 valence electrons. The molecule has 0 heterocycles. The summed E-state index contributed by atoms with van der Waals surface area (Å²) in [7, 11) is 0. The van der Waals surface area contributed by atoms with Crippen LogP contribution in [0.1, 0.15) is 36.5 Å². The zero-order chi connectivity index (χ0) is 12.4. The molecule has 1 aliphatic rings. The summed E-state index contributed by atoms with van der Waals surface area (Å²) in [6.45, 7) is 1.61. The van der Waals surface area contributed by atoms with Crippen molar-refractivity contribution in [3.63, 3.8) is 0 Å². The molecule has 1 aromatic carbocycles. The fraction of sp³-hybridized carbons (Fsp3) is 0.500. The first-order valence-corrected chi connectivity index (χ1v) is 6.11. The van der Waals surface area contributed by atoms with Gasteiger partial charge in [-0.05, 0) is 48.8 Å². The summed E-state index contributed by atoms with van der Waals surface area (Å²) < 4.78 is 14.2. The first-order chi connectivity index (χ1) is 8.09. The van der Waals surface area contributed by atoms with E-state index in [0.29, 0.717) is 5.56 Å². The fourth-order valence-corrected chi connectivity index (χ4v) is 2.41. The maximum atomic E-state index is 14.2. The van der Waals surface area contributed by atoms with Crippen LogP contribution in [0.4, 0.5) is 4.39 Å². The lowest BCUT2D eigenvalue weighted by molar-refractivity contribution is -0.141. The third-order valence-corrected chi connectivity index (χ3v) is 3.49. The van der Waals surface area contributed by atoms with Gasteiger partial charge in [-0.15, -0.1) is 0 Å². The average molecular weight is 236 g/mol. The number of aliphatic carboxylic acids is 1. The Labute approximate surface area is 100 Å². The molecule has 0 bridgehead atoms. The van der Waals surface area contributed by atoms with Crippen LogP contribution in [0, 0.1) is 11.7 Å². The Morgan fingerprint density at radius 3 is 2.82 bits per heavy atom. The number of fused-ring (bicyclic) bond motifs is 1. The van der Waals surface area contributed by atoms with Crippen molar-refractivity contribution in [1.82, 2.24) is 0 Å². The number of halogens is 1. The van der Waals surface area contributed by atoms with E-state index < -0.39 is 11.9 Å². The van der Waals surface area contributed by atoms with Crippen LogP contribution in [0.15, 0.2) is 12.1 Å². The van der Waals surface area contributed by atoms with Gasteiger partial charge >= 0.3 is 5.97 Å². The molecule has 2 nitrogen and oxygen atoms in total. The molecule has 2 rings (SSSR count). The second kappa shape index (κ2) is 4.86. The molecule has 0 saturated heterocycles. The Morgan fingerprint density at radius 1 is 1.41 bits per heavy atom. The van der Waals surface area contributed by atoms with Crippen LogP contribution in [0.2, 0.25) is 0 Å². The van der Waals surface area contributed by atoms with Crippen LogP contribution in [0.25, 0.3) is 0 Å². The van der Waals surface area contributed by atoms with Crippen LogP contribution < -0.4 is 0 Å². The van der Waals surface area contributed by atoms with Crippen LogP contribution in [0.5, 0.6) is 0 Å². The topological polar surface area (TPSA) is 37.3 Å². The number of carboxylic acid groups (broad SMARTS) is 1. The van der Waals surface area contributed by atoms with E-state index >= 15 is 0 Å². The molecule has 1 aliphatic carbocycles. The van der Waals surface area contributed by atoms with Crippen LogP contribution in [-0.2, 0) is 24.1 Å². The quantitative estimate of drug-likeness (QED) is 0.876. The van der Waals surface area contributed by atoms with Crippen molar-refractivity contribution in [2.24, 2.45) is 5.92 Å². The fourth-order valence-electron chi connectivity index (χ4n) is 2.41. The second-order valence-electron chi connectivity index (χ2n) is 4.83. The molecule has 1 aromatic rings. The zero-order valence-corrected chi connectivity index (χ0v) is 10.0. The number of hydrogen-bond donors (Lipinski definition) is 1. The summed E-state index contributed by atoms with van der Waals surface area (Å²) in [4.78, 5) is 10.8. The molecule has 0 fully saturated rings. The number of benzene rings is 1. The number of hydrogen-bond acceptors (Lipinski definition) is 1. The van der Waals surface area contributed by atoms with Crippen molar-refractivity contribution in [3.05, 3.63) is 34.6 Å². The summed E-state index contributed by atoms with van der Waals surface area (Å²) in [6.07, 6.45) is 4.16. The van der Waals surface area contributed by atoms with Gasteiger partial charge in [0, 0.05) is 0 Å². The first kappa shape index (κ1) is 12.1. The van der Waals surface area contributed by atoms with Gasteiger partial charge in [-0.25, -0.2) is 4.39 Å². The average Bonchev–Trinajstić information content (AvgIpc) is 2.33. The molecule has 1 N–H and O–H groups in total. The number of rotatable bonds is 3. The van der Waals surface area contributed by atoms with E-state index in [2.05, 4.69) is 0 Å². The predicted molar refractivity (Wildman–Crippen MR) is 63.5 cm³/mol. The van der Waals surface area contributed by atoms with Crippen LogP contribution >= 0.6 is 0 Å². The summed E-state index contributed by atoms with van der Waals surface area (Å²) in [6, 6.07) is 3.71. The monoisotopic (exact) mass is 236 g/mol. The molecule has 0 aromatic heterocycles. The van der Waals surface area contributed by atoms with Crippen molar-refractivity contribution in [2.45, 2.75) is 39.0 Å². The van der Waals surface area contributed by atoms with Crippen molar-refractivity contribution < 1.29 is 14.3 Å². The lowest BCUT2D eigenvalue weighted by Gasteiger charge is -2.18. The molecule has 0 aliphatic heterocycles. The van der Waals surface area contributed by atoms with Crippen molar-refractivity contribution in [2.75, 3.05) is 0 Å². The highest BCUT2D eigenvalue weighted by Gasteiger charge is 2.19. The minimum absolute atomic E-state index is 0.171. The van der Waals surface area contributed by atoms with Crippen molar-refractivity contribution in [1.29, 1.82) is 0 Å². The van der Waals surface area contributed by atoms with Gasteiger partial charge in [-0.2, -0.15) is 0 Å². The van der Waals surface area contributed by atoms with Crippen molar-refractivity contribution in [3.8, 4) is 0 Å². The normalized spacial score (nSPS) is 16.4. The Kier molecular flexibility index (Phi) is 3.46. The maximum absolute atomic E-state index is 14.2. The molecular formula is C14H17FO2. The van der Waals surface area contributed by atoms with Gasteiger partial charge in [0.1, 0.15) is 5.82 Å². The lowest BCUT2D eigenvalue weighted by Crippen LogP contribution is -2.15. The highest BCUT2D eigenvalue weighted by atomic mass is 19.1. The first-order valence-electron chi connectivity index (χ1n) is 6.11. The van der Waals surface area contributed by atoms with E-state index in [1.54, 1.807) is 13.0 Å². The Bertz CT molecular complexity index is 440. The van der Waals surface area contributed by atoms with E-state index in [0.717, 1.165) is 36.8 Å². The zero-order valence-electron chi connectivity index (χ0n) is 10.0. The molecule has 0 saturated carbocycles. The highest BCUT2D eigenvalue weighted by molar-refractivity contribution is 5.69. The van der Waals surface area contributed by atoms with Crippen LogP contribution in [0.3, 0.4) is 0 Å². The summed E-state index contributed by atoms with van der Waals surface area (Å²) in [5, 5.41) is 8.85. The highest BCUT2D eigenvalue weighted by Crippen LogP contribution is 2.27. The molecule has 1 atom stereocenters. The molecule has 3 heteroatoms. The summed E-state index contributed by atoms with van der Waals surface area (Å²) >= 11 is 0. The SMILES string of the molecule is CC(Cc1ccc2c(c1F)CCCC2)C(=O)O. The maximum Gasteiger partial charge on any atom is 0.306 e. The van der Waals surface area contributed by atoms with Crippen molar-refractivity contribution >= 4 is 5.97 Å². The molecule has 0 amide bonds. The number of carbonyl (C=O) groups is 1. The summed E-state index contributed by atoms with van der Waals surface area (Å²) in [5.74, 6) is -1.58. The van der Waals surface area contributed by atoms with Crippen LogP contribution in [-0.4, -0.2) is 11.1 Å². The molecule has 0 radical (unpaired) electrons. The van der Waals surface area contributed by atoms with Gasteiger partial charge in [-0.3, -0.25) is 4.79 Å². The number of aryl methyl sites for hydroxylation is 1. The van der Waals surface area contributed by atoms with Gasteiger partial charge < -0.3 is 5.11 Å². The van der Waals surface area contributed by atoms with Gasteiger partial charge in [-0.1, -0.05) is 19.1 Å². The molecule has 0 spiro atoms. The molecule has 17 heavy (non-hydrogen) atoms.